The molecule has 0 saturated carbocycles. The van der Waals surface area contributed by atoms with Gasteiger partial charge in [-0.25, -0.2) is 0 Å². The van der Waals surface area contributed by atoms with Crippen molar-refractivity contribution in [1.82, 2.24) is 9.80 Å². The van der Waals surface area contributed by atoms with Crippen LogP contribution in [0, 0.1) is 11.8 Å². The predicted octanol–water partition coefficient (Wildman–Crippen LogP) is 5.32. The highest BCUT2D eigenvalue weighted by atomic mass is 32.1. The molecule has 4 saturated heterocycles. The molecule has 5 heterocycles. The summed E-state index contributed by atoms with van der Waals surface area (Å²) in [7, 11) is 0. The molecule has 5 heteroatoms. The summed E-state index contributed by atoms with van der Waals surface area (Å²) in [4.78, 5) is 19.0. The Hall–Kier alpha value is -2.05. The molecule has 0 radical (unpaired) electrons. The zero-order chi connectivity index (χ0) is 22.2. The van der Waals surface area contributed by atoms with E-state index in [4.69, 9.17) is 4.74 Å². The number of Topliss-reactive ketones (excluding diaryl/α,β-unsaturated/α-hetero) is 1. The van der Waals surface area contributed by atoms with E-state index >= 15 is 0 Å². The summed E-state index contributed by atoms with van der Waals surface area (Å²) < 4.78 is 6.66. The van der Waals surface area contributed by atoms with E-state index in [9.17, 15) is 4.79 Å². The third kappa shape index (κ3) is 4.65. The van der Waals surface area contributed by atoms with Gasteiger partial charge in [-0.3, -0.25) is 9.69 Å². The van der Waals surface area contributed by atoms with Crippen molar-refractivity contribution < 1.29 is 9.53 Å². The number of carbonyl (C=O) groups is 1. The van der Waals surface area contributed by atoms with Crippen LogP contribution >= 0.6 is 11.3 Å². The number of piperidine rings is 3. The fourth-order valence-electron chi connectivity index (χ4n) is 5.83. The van der Waals surface area contributed by atoms with E-state index in [1.54, 1.807) is 11.3 Å². The number of fused-ring (bicyclic) bond motifs is 4. The van der Waals surface area contributed by atoms with Crippen molar-refractivity contribution in [3.63, 3.8) is 0 Å². The second-order valence-electron chi connectivity index (χ2n) is 9.97. The van der Waals surface area contributed by atoms with Crippen LogP contribution in [0.2, 0.25) is 0 Å². The van der Waals surface area contributed by atoms with Gasteiger partial charge in [-0.1, -0.05) is 36.4 Å². The van der Waals surface area contributed by atoms with E-state index in [2.05, 4.69) is 58.3 Å². The number of morpholine rings is 1. The summed E-state index contributed by atoms with van der Waals surface area (Å²) in [5.74, 6) is 1.65. The lowest BCUT2D eigenvalue weighted by Crippen LogP contribution is -2.47. The second kappa shape index (κ2) is 9.30. The average Bonchev–Trinajstić information content (AvgIpc) is 3.30. The first kappa shape index (κ1) is 21.5. The molecule has 2 bridgehead atoms. The molecule has 4 fully saturated rings. The summed E-state index contributed by atoms with van der Waals surface area (Å²) in [6.07, 6.45) is 3.27. The molecule has 0 amide bonds. The zero-order valence-electron chi connectivity index (χ0n) is 19.2. The average molecular weight is 461 g/mol. The molecule has 7 rings (SSSR count). The van der Waals surface area contributed by atoms with Crippen LogP contribution in [0.4, 0.5) is 0 Å². The lowest BCUT2D eigenvalue weighted by atomic mass is 9.76. The Balaban J connectivity index is 1.15. The van der Waals surface area contributed by atoms with Gasteiger partial charge in [-0.2, -0.15) is 0 Å². The largest absolute Gasteiger partial charge is 0.379 e. The van der Waals surface area contributed by atoms with Crippen LogP contribution in [0.3, 0.4) is 0 Å². The third-order valence-electron chi connectivity index (χ3n) is 7.83. The predicted molar refractivity (Wildman–Crippen MR) is 135 cm³/mol. The Morgan fingerprint density at radius 1 is 0.939 bits per heavy atom. The van der Waals surface area contributed by atoms with Crippen LogP contribution in [0.25, 0.3) is 21.2 Å². The van der Waals surface area contributed by atoms with Crippen molar-refractivity contribution in [2.24, 2.45) is 11.8 Å². The van der Waals surface area contributed by atoms with E-state index < -0.39 is 0 Å². The molecule has 0 unspecified atom stereocenters. The van der Waals surface area contributed by atoms with Crippen molar-refractivity contribution in [1.29, 1.82) is 0 Å². The van der Waals surface area contributed by atoms with Gasteiger partial charge in [-0.05, 0) is 72.0 Å². The fourth-order valence-corrected chi connectivity index (χ4v) is 6.88. The summed E-state index contributed by atoms with van der Waals surface area (Å²) in [6.45, 7) is 8.26. The molecule has 4 nitrogen and oxygen atoms in total. The van der Waals surface area contributed by atoms with E-state index in [1.165, 1.54) is 52.7 Å². The van der Waals surface area contributed by atoms with E-state index in [0.717, 1.165) is 50.2 Å². The van der Waals surface area contributed by atoms with Crippen LogP contribution < -0.4 is 0 Å². The SMILES string of the molecule is O=C(C[C@H]1CN2CCC1CC2)c1cc2ccc(-c3ccc(CN4CCOCC4)cc3)cc2s1. The summed E-state index contributed by atoms with van der Waals surface area (Å²) >= 11 is 1.67. The first-order chi connectivity index (χ1) is 16.2. The highest BCUT2D eigenvalue weighted by Crippen LogP contribution is 2.37. The molecule has 0 spiro atoms. The Bertz CT molecular complexity index is 1120. The quantitative estimate of drug-likeness (QED) is 0.467. The van der Waals surface area contributed by atoms with Gasteiger partial charge in [0.1, 0.15) is 0 Å². The van der Waals surface area contributed by atoms with Gasteiger partial charge < -0.3 is 9.64 Å². The van der Waals surface area contributed by atoms with Crippen molar-refractivity contribution in [3.05, 3.63) is 59.0 Å². The van der Waals surface area contributed by atoms with Crippen molar-refractivity contribution in [2.75, 3.05) is 45.9 Å². The Kier molecular flexibility index (Phi) is 6.05. The summed E-state index contributed by atoms with van der Waals surface area (Å²) in [6, 6.07) is 17.7. The zero-order valence-corrected chi connectivity index (χ0v) is 20.0. The fraction of sp³-hybridized carbons (Fsp3) is 0.464. The van der Waals surface area contributed by atoms with Crippen molar-refractivity contribution in [2.45, 2.75) is 25.8 Å². The number of rotatable bonds is 6. The number of carbonyl (C=O) groups excluding carboxylic acids is 1. The van der Waals surface area contributed by atoms with Gasteiger partial charge in [0, 0.05) is 37.3 Å². The van der Waals surface area contributed by atoms with Crippen molar-refractivity contribution >= 4 is 27.2 Å². The Labute approximate surface area is 200 Å². The number of nitrogens with zero attached hydrogens (tertiary/aromatic N) is 2. The molecular formula is C28H32N2O2S. The Morgan fingerprint density at radius 3 is 2.42 bits per heavy atom. The van der Waals surface area contributed by atoms with Crippen LogP contribution in [0.15, 0.2) is 48.5 Å². The molecule has 33 heavy (non-hydrogen) atoms. The van der Waals surface area contributed by atoms with E-state index in [-0.39, 0.29) is 0 Å². The summed E-state index contributed by atoms with van der Waals surface area (Å²) in [5.41, 5.74) is 3.80. The van der Waals surface area contributed by atoms with Crippen LogP contribution in [0.1, 0.15) is 34.5 Å². The lowest BCUT2D eigenvalue weighted by Gasteiger charge is -2.44. The van der Waals surface area contributed by atoms with Gasteiger partial charge in [-0.15, -0.1) is 11.3 Å². The Morgan fingerprint density at radius 2 is 1.70 bits per heavy atom. The molecule has 1 aromatic heterocycles. The third-order valence-corrected chi connectivity index (χ3v) is 8.97. The van der Waals surface area contributed by atoms with Crippen LogP contribution in [-0.2, 0) is 11.3 Å². The number of benzene rings is 2. The van der Waals surface area contributed by atoms with Gasteiger partial charge >= 0.3 is 0 Å². The molecular weight excluding hydrogens is 428 g/mol. The van der Waals surface area contributed by atoms with Crippen LogP contribution in [-0.4, -0.2) is 61.5 Å². The minimum absolute atomic E-state index is 0.337. The van der Waals surface area contributed by atoms with Crippen molar-refractivity contribution in [3.8, 4) is 11.1 Å². The van der Waals surface area contributed by atoms with Crippen LogP contribution in [0.5, 0.6) is 0 Å². The molecule has 0 aliphatic carbocycles. The topological polar surface area (TPSA) is 32.8 Å². The summed E-state index contributed by atoms with van der Waals surface area (Å²) in [5, 5.41) is 1.19. The van der Waals surface area contributed by atoms with E-state index in [1.807, 2.05) is 0 Å². The van der Waals surface area contributed by atoms with Gasteiger partial charge in [0.25, 0.3) is 0 Å². The first-order valence-electron chi connectivity index (χ1n) is 12.4. The minimum atomic E-state index is 0.337. The maximum atomic E-state index is 13.1. The first-order valence-corrected chi connectivity index (χ1v) is 13.2. The number of hydrogen-bond acceptors (Lipinski definition) is 5. The number of ether oxygens (including phenoxy) is 1. The molecule has 0 N–H and O–H groups in total. The number of ketones is 1. The standard InChI is InChI=1S/C28H32N2O2S/c31-26(15-25-19-29-9-7-22(25)8-10-29)28-17-24-6-5-23(16-27(24)33-28)21-3-1-20(2-4-21)18-30-11-13-32-14-12-30/h1-6,16-17,22,25H,7-15,18-19H2/t25-/m0/s1. The monoisotopic (exact) mass is 460 g/mol. The van der Waals surface area contributed by atoms with E-state index in [0.29, 0.717) is 18.1 Å². The van der Waals surface area contributed by atoms with Gasteiger partial charge in [0.05, 0.1) is 18.1 Å². The maximum absolute atomic E-state index is 13.1. The normalized spacial score (nSPS) is 25.5. The highest BCUT2D eigenvalue weighted by molar-refractivity contribution is 7.20. The highest BCUT2D eigenvalue weighted by Gasteiger charge is 2.35. The maximum Gasteiger partial charge on any atom is 0.173 e. The molecule has 1 atom stereocenters. The van der Waals surface area contributed by atoms with Gasteiger partial charge in [0.15, 0.2) is 5.78 Å². The number of thiophene rings is 1. The molecule has 4 aliphatic rings. The smallest absolute Gasteiger partial charge is 0.173 e. The lowest BCUT2D eigenvalue weighted by molar-refractivity contribution is 0.0342. The van der Waals surface area contributed by atoms with Gasteiger partial charge in [0.2, 0.25) is 0 Å². The number of hydrogen-bond donors (Lipinski definition) is 0. The minimum Gasteiger partial charge on any atom is -0.379 e. The molecule has 2 aromatic carbocycles. The second-order valence-corrected chi connectivity index (χ2v) is 11.1. The molecule has 3 aromatic rings. The molecule has 4 aliphatic heterocycles. The molecule has 172 valence electrons.